The molecule has 0 spiro atoms. The Kier molecular flexibility index (Phi) is 4.91. The van der Waals surface area contributed by atoms with Gasteiger partial charge in [0.05, 0.1) is 12.7 Å². The monoisotopic (exact) mass is 238 g/mol. The molecule has 1 aliphatic heterocycles. The molecule has 0 bridgehead atoms. The Hall–Kier alpha value is -0.970. The van der Waals surface area contributed by atoms with Crippen LogP contribution in [0.1, 0.15) is 5.56 Å². The molecule has 0 aliphatic carbocycles. The van der Waals surface area contributed by atoms with Crippen molar-refractivity contribution in [3.05, 3.63) is 35.6 Å². The Balaban J connectivity index is 1.64. The van der Waals surface area contributed by atoms with Gasteiger partial charge in [0.1, 0.15) is 5.82 Å². The third kappa shape index (κ3) is 4.07. The molecule has 1 aliphatic rings. The first-order chi connectivity index (χ1) is 8.36. The summed E-state index contributed by atoms with van der Waals surface area (Å²) in [5.41, 5.74) is 0.766. The fourth-order valence-corrected chi connectivity index (χ4v) is 1.94. The quantitative estimate of drug-likeness (QED) is 0.749. The van der Waals surface area contributed by atoms with Crippen LogP contribution in [0.4, 0.5) is 4.39 Å². The summed E-state index contributed by atoms with van der Waals surface area (Å²) < 4.78 is 18.9. The van der Waals surface area contributed by atoms with E-state index in [9.17, 15) is 4.39 Å². The minimum absolute atomic E-state index is 0.120. The predicted molar refractivity (Wildman–Crippen MR) is 65.6 cm³/mol. The summed E-state index contributed by atoms with van der Waals surface area (Å²) in [6.07, 6.45) is 0.955. The fraction of sp³-hybridized carbons (Fsp3) is 0.538. The molecule has 1 saturated heterocycles. The molecule has 1 unspecified atom stereocenters. The van der Waals surface area contributed by atoms with Gasteiger partial charge in [0.25, 0.3) is 0 Å². The number of hydrogen-bond donors (Lipinski definition) is 2. The smallest absolute Gasteiger partial charge is 0.126 e. The van der Waals surface area contributed by atoms with Crippen molar-refractivity contribution in [2.24, 2.45) is 0 Å². The predicted octanol–water partition coefficient (Wildman–Crippen LogP) is 0.946. The zero-order valence-corrected chi connectivity index (χ0v) is 9.92. The maximum absolute atomic E-state index is 13.3. The fourth-order valence-electron chi connectivity index (χ4n) is 1.94. The summed E-state index contributed by atoms with van der Waals surface area (Å²) in [5, 5.41) is 6.58. The van der Waals surface area contributed by atoms with Crippen LogP contribution in [0.5, 0.6) is 0 Å². The largest absolute Gasteiger partial charge is 0.374 e. The highest BCUT2D eigenvalue weighted by Crippen LogP contribution is 2.06. The van der Waals surface area contributed by atoms with Gasteiger partial charge >= 0.3 is 0 Å². The summed E-state index contributed by atoms with van der Waals surface area (Å²) in [7, 11) is 0. The average Bonchev–Trinajstić information content (AvgIpc) is 2.38. The van der Waals surface area contributed by atoms with Crippen molar-refractivity contribution in [2.75, 3.05) is 32.8 Å². The van der Waals surface area contributed by atoms with Gasteiger partial charge in [-0.25, -0.2) is 4.39 Å². The second-order valence-electron chi connectivity index (χ2n) is 4.24. The molecule has 0 saturated carbocycles. The lowest BCUT2D eigenvalue weighted by molar-refractivity contribution is 0.0294. The van der Waals surface area contributed by atoms with Crippen molar-refractivity contribution in [3.63, 3.8) is 0 Å². The number of halogens is 1. The summed E-state index contributed by atoms with van der Waals surface area (Å²) in [6, 6.07) is 6.92. The minimum Gasteiger partial charge on any atom is -0.374 e. The second kappa shape index (κ2) is 6.69. The Morgan fingerprint density at radius 2 is 2.29 bits per heavy atom. The van der Waals surface area contributed by atoms with Crippen molar-refractivity contribution < 1.29 is 9.13 Å². The second-order valence-corrected chi connectivity index (χ2v) is 4.24. The Bertz CT molecular complexity index is 340. The summed E-state index contributed by atoms with van der Waals surface area (Å²) in [4.78, 5) is 0. The summed E-state index contributed by atoms with van der Waals surface area (Å²) >= 11 is 0. The molecule has 1 fully saturated rings. The number of morpholine rings is 1. The SMILES string of the molecule is Fc1ccccc1CCNCC1CNCCO1. The van der Waals surface area contributed by atoms with Gasteiger partial charge in [-0.05, 0) is 24.6 Å². The van der Waals surface area contributed by atoms with E-state index in [4.69, 9.17) is 4.74 Å². The number of hydrogen-bond acceptors (Lipinski definition) is 3. The molecule has 1 aromatic rings. The van der Waals surface area contributed by atoms with Crippen molar-refractivity contribution >= 4 is 0 Å². The summed E-state index contributed by atoms with van der Waals surface area (Å²) in [6.45, 7) is 4.21. The first kappa shape index (κ1) is 12.5. The van der Waals surface area contributed by atoms with Crippen LogP contribution in [0, 0.1) is 5.82 Å². The molecule has 4 heteroatoms. The first-order valence-electron chi connectivity index (χ1n) is 6.12. The van der Waals surface area contributed by atoms with E-state index in [-0.39, 0.29) is 11.9 Å². The topological polar surface area (TPSA) is 33.3 Å². The first-order valence-corrected chi connectivity index (χ1v) is 6.12. The van der Waals surface area contributed by atoms with Crippen molar-refractivity contribution in [1.82, 2.24) is 10.6 Å². The molecule has 0 radical (unpaired) electrons. The van der Waals surface area contributed by atoms with Gasteiger partial charge in [0, 0.05) is 19.6 Å². The van der Waals surface area contributed by atoms with E-state index >= 15 is 0 Å². The van der Waals surface area contributed by atoms with Crippen LogP contribution in [0.15, 0.2) is 24.3 Å². The van der Waals surface area contributed by atoms with E-state index in [1.54, 1.807) is 6.07 Å². The Morgan fingerprint density at radius 3 is 3.06 bits per heavy atom. The molecule has 1 aromatic carbocycles. The zero-order valence-electron chi connectivity index (χ0n) is 9.92. The van der Waals surface area contributed by atoms with Crippen molar-refractivity contribution in [1.29, 1.82) is 0 Å². The zero-order chi connectivity index (χ0) is 11.9. The molecule has 1 atom stereocenters. The highest BCUT2D eigenvalue weighted by atomic mass is 19.1. The molecular formula is C13H19FN2O. The number of benzene rings is 1. The van der Waals surface area contributed by atoms with E-state index in [0.29, 0.717) is 6.42 Å². The van der Waals surface area contributed by atoms with Crippen LogP contribution in [0.25, 0.3) is 0 Å². The van der Waals surface area contributed by atoms with Gasteiger partial charge in [0.15, 0.2) is 0 Å². The maximum atomic E-state index is 13.3. The van der Waals surface area contributed by atoms with Crippen LogP contribution >= 0.6 is 0 Å². The van der Waals surface area contributed by atoms with E-state index in [1.807, 2.05) is 12.1 Å². The van der Waals surface area contributed by atoms with Gasteiger partial charge in [-0.1, -0.05) is 18.2 Å². The normalized spacial score (nSPS) is 20.4. The highest BCUT2D eigenvalue weighted by molar-refractivity contribution is 5.17. The lowest BCUT2D eigenvalue weighted by Crippen LogP contribution is -2.44. The molecular weight excluding hydrogens is 219 g/mol. The van der Waals surface area contributed by atoms with Gasteiger partial charge < -0.3 is 15.4 Å². The molecule has 2 N–H and O–H groups in total. The van der Waals surface area contributed by atoms with Crippen LogP contribution in [0.2, 0.25) is 0 Å². The van der Waals surface area contributed by atoms with Gasteiger partial charge in [-0.2, -0.15) is 0 Å². The number of nitrogens with one attached hydrogen (secondary N) is 2. The van der Waals surface area contributed by atoms with Crippen LogP contribution in [-0.4, -0.2) is 38.9 Å². The number of ether oxygens (including phenoxy) is 1. The highest BCUT2D eigenvalue weighted by Gasteiger charge is 2.12. The van der Waals surface area contributed by atoms with Crippen LogP contribution in [0.3, 0.4) is 0 Å². The van der Waals surface area contributed by atoms with Gasteiger partial charge in [-0.3, -0.25) is 0 Å². The molecule has 17 heavy (non-hydrogen) atoms. The van der Waals surface area contributed by atoms with Crippen molar-refractivity contribution in [3.8, 4) is 0 Å². The summed E-state index contributed by atoms with van der Waals surface area (Å²) in [5.74, 6) is -0.120. The van der Waals surface area contributed by atoms with Crippen LogP contribution in [-0.2, 0) is 11.2 Å². The van der Waals surface area contributed by atoms with E-state index in [0.717, 1.165) is 38.3 Å². The molecule has 3 nitrogen and oxygen atoms in total. The van der Waals surface area contributed by atoms with Gasteiger partial charge in [-0.15, -0.1) is 0 Å². The van der Waals surface area contributed by atoms with Gasteiger partial charge in [0.2, 0.25) is 0 Å². The maximum Gasteiger partial charge on any atom is 0.126 e. The van der Waals surface area contributed by atoms with E-state index < -0.39 is 0 Å². The minimum atomic E-state index is -0.120. The number of rotatable bonds is 5. The van der Waals surface area contributed by atoms with Crippen molar-refractivity contribution in [2.45, 2.75) is 12.5 Å². The molecule has 0 aromatic heterocycles. The molecule has 2 rings (SSSR count). The molecule has 0 amide bonds. The van der Waals surface area contributed by atoms with Crippen LogP contribution < -0.4 is 10.6 Å². The third-order valence-corrected chi connectivity index (χ3v) is 2.91. The molecule has 94 valence electrons. The van der Waals surface area contributed by atoms with E-state index in [1.165, 1.54) is 6.07 Å². The Morgan fingerprint density at radius 1 is 1.41 bits per heavy atom. The lowest BCUT2D eigenvalue weighted by atomic mass is 10.1. The third-order valence-electron chi connectivity index (χ3n) is 2.91. The standard InChI is InChI=1S/C13H19FN2O/c14-13-4-2-1-3-11(13)5-6-15-9-12-10-16-7-8-17-12/h1-4,12,15-16H,5-10H2. The van der Waals surface area contributed by atoms with E-state index in [2.05, 4.69) is 10.6 Å². The lowest BCUT2D eigenvalue weighted by Gasteiger charge is -2.23. The molecule has 1 heterocycles. The average molecular weight is 238 g/mol. The Labute approximate surface area is 101 Å².